The van der Waals surface area contributed by atoms with Gasteiger partial charge in [0.05, 0.1) is 7.11 Å². The second-order valence-electron chi connectivity index (χ2n) is 4.91. The van der Waals surface area contributed by atoms with Crippen LogP contribution in [0.3, 0.4) is 0 Å². The fraction of sp³-hybridized carbons (Fsp3) is 0.500. The van der Waals surface area contributed by atoms with Crippen LogP contribution in [0.15, 0.2) is 29.3 Å². The Labute approximate surface area is 131 Å². The van der Waals surface area contributed by atoms with Crippen LogP contribution in [0.5, 0.6) is 5.75 Å². The lowest BCUT2D eigenvalue weighted by atomic mass is 10.1. The number of nitrogens with zero attached hydrogens (tertiary/aromatic N) is 1. The largest absolute Gasteiger partial charge is 0.497 e. The first-order valence-electron chi connectivity index (χ1n) is 6.38. The quantitative estimate of drug-likeness (QED) is 0.472. The van der Waals surface area contributed by atoms with Crippen molar-refractivity contribution in [3.8, 4) is 5.75 Å². The molecule has 0 spiro atoms. The van der Waals surface area contributed by atoms with Gasteiger partial charge < -0.3 is 15.8 Å². The van der Waals surface area contributed by atoms with Crippen LogP contribution in [0, 0.1) is 5.41 Å². The Morgan fingerprint density at radius 3 is 2.79 bits per heavy atom. The van der Waals surface area contributed by atoms with Crippen LogP contribution in [0.4, 0.5) is 5.69 Å². The molecule has 1 fully saturated rings. The van der Waals surface area contributed by atoms with Crippen LogP contribution in [-0.4, -0.2) is 19.6 Å². The summed E-state index contributed by atoms with van der Waals surface area (Å²) < 4.78 is 5.16. The number of guanidine groups is 1. The number of hydrogen-bond acceptors (Lipinski definition) is 2. The molecule has 0 amide bonds. The summed E-state index contributed by atoms with van der Waals surface area (Å²) in [6.45, 7) is 3.04. The van der Waals surface area contributed by atoms with Crippen molar-refractivity contribution in [1.29, 1.82) is 0 Å². The van der Waals surface area contributed by atoms with Gasteiger partial charge in [0.15, 0.2) is 5.96 Å². The normalized spacial score (nSPS) is 16.4. The zero-order valence-corrected chi connectivity index (χ0v) is 13.8. The molecule has 106 valence electrons. The number of ether oxygens (including phenoxy) is 1. The van der Waals surface area contributed by atoms with Crippen LogP contribution >= 0.6 is 24.0 Å². The van der Waals surface area contributed by atoms with E-state index in [4.69, 9.17) is 10.5 Å². The summed E-state index contributed by atoms with van der Waals surface area (Å²) >= 11 is 0. The third-order valence-electron chi connectivity index (χ3n) is 3.63. The van der Waals surface area contributed by atoms with E-state index in [-0.39, 0.29) is 24.0 Å². The number of anilines is 1. The molecule has 0 saturated heterocycles. The van der Waals surface area contributed by atoms with E-state index < -0.39 is 0 Å². The highest BCUT2D eigenvalue weighted by Gasteiger charge is 2.40. The lowest BCUT2D eigenvalue weighted by Gasteiger charge is -2.10. The Morgan fingerprint density at radius 2 is 2.21 bits per heavy atom. The molecule has 0 bridgehead atoms. The first kappa shape index (κ1) is 16.1. The molecule has 1 aromatic carbocycles. The summed E-state index contributed by atoms with van der Waals surface area (Å²) in [6, 6.07) is 7.66. The molecule has 19 heavy (non-hydrogen) atoms. The van der Waals surface area contributed by atoms with Crippen molar-refractivity contribution in [3.63, 3.8) is 0 Å². The number of hydrogen-bond donors (Lipinski definition) is 2. The van der Waals surface area contributed by atoms with Gasteiger partial charge in [-0.3, -0.25) is 4.99 Å². The van der Waals surface area contributed by atoms with Crippen molar-refractivity contribution < 1.29 is 4.74 Å². The number of aliphatic imine (C=N–C) groups is 1. The Morgan fingerprint density at radius 1 is 1.47 bits per heavy atom. The number of nitrogens with two attached hydrogens (primary N) is 1. The van der Waals surface area contributed by atoms with E-state index in [9.17, 15) is 0 Å². The van der Waals surface area contributed by atoms with E-state index in [0.29, 0.717) is 11.4 Å². The second-order valence-corrected chi connectivity index (χ2v) is 4.91. The molecule has 5 heteroatoms. The molecule has 4 nitrogen and oxygen atoms in total. The van der Waals surface area contributed by atoms with Gasteiger partial charge >= 0.3 is 0 Å². The van der Waals surface area contributed by atoms with Crippen molar-refractivity contribution in [2.75, 3.05) is 19.0 Å². The Kier molecular flexibility index (Phi) is 5.90. The van der Waals surface area contributed by atoms with Crippen molar-refractivity contribution in [3.05, 3.63) is 24.3 Å². The SMILES string of the molecule is CCC1(CN=C(N)Nc2cccc(OC)c2)CC1.I. The Hall–Kier alpha value is -0.980. The topological polar surface area (TPSA) is 59.6 Å². The monoisotopic (exact) mass is 375 g/mol. The van der Waals surface area contributed by atoms with Crippen LogP contribution in [0.25, 0.3) is 0 Å². The van der Waals surface area contributed by atoms with Gasteiger partial charge in [-0.1, -0.05) is 13.0 Å². The third kappa shape index (κ3) is 4.56. The van der Waals surface area contributed by atoms with E-state index >= 15 is 0 Å². The molecule has 2 rings (SSSR count). The van der Waals surface area contributed by atoms with Crippen LogP contribution in [0.1, 0.15) is 26.2 Å². The van der Waals surface area contributed by atoms with Crippen molar-refractivity contribution in [2.45, 2.75) is 26.2 Å². The molecule has 3 N–H and O–H groups in total. The molecule has 0 heterocycles. The van der Waals surface area contributed by atoms with E-state index in [1.54, 1.807) is 7.11 Å². The molecule has 0 unspecified atom stereocenters. The van der Waals surface area contributed by atoms with E-state index in [1.807, 2.05) is 24.3 Å². The highest BCUT2D eigenvalue weighted by Crippen LogP contribution is 2.48. The minimum atomic E-state index is 0. The summed E-state index contributed by atoms with van der Waals surface area (Å²) in [5.74, 6) is 1.28. The predicted molar refractivity (Wildman–Crippen MR) is 90.5 cm³/mol. The van der Waals surface area contributed by atoms with Crippen molar-refractivity contribution in [2.24, 2.45) is 16.1 Å². The zero-order chi connectivity index (χ0) is 13.0. The molecule has 1 aliphatic carbocycles. The summed E-state index contributed by atoms with van der Waals surface area (Å²) in [6.07, 6.45) is 3.74. The average Bonchev–Trinajstić information content (AvgIpc) is 3.17. The van der Waals surface area contributed by atoms with Gasteiger partial charge in [-0.25, -0.2) is 0 Å². The van der Waals surface area contributed by atoms with Gasteiger partial charge in [-0.05, 0) is 36.8 Å². The average molecular weight is 375 g/mol. The van der Waals surface area contributed by atoms with Gasteiger partial charge in [-0.15, -0.1) is 24.0 Å². The summed E-state index contributed by atoms with van der Waals surface area (Å²) in [5, 5.41) is 3.09. The molecule has 1 aliphatic rings. The van der Waals surface area contributed by atoms with Gasteiger partial charge in [0.1, 0.15) is 5.75 Å². The standard InChI is InChI=1S/C14H21N3O.HI/c1-3-14(7-8-14)10-16-13(15)17-11-5-4-6-12(9-11)18-2;/h4-6,9H,3,7-8,10H2,1-2H3,(H3,15,16,17);1H. The maximum atomic E-state index is 5.88. The lowest BCUT2D eigenvalue weighted by molar-refractivity contribution is 0.415. The molecule has 0 aliphatic heterocycles. The minimum absolute atomic E-state index is 0. The maximum Gasteiger partial charge on any atom is 0.193 e. The predicted octanol–water partition coefficient (Wildman–Crippen LogP) is 3.23. The fourth-order valence-corrected chi connectivity index (χ4v) is 1.94. The van der Waals surface area contributed by atoms with Gasteiger partial charge in [-0.2, -0.15) is 0 Å². The van der Waals surface area contributed by atoms with Crippen LogP contribution in [-0.2, 0) is 0 Å². The van der Waals surface area contributed by atoms with Crippen molar-refractivity contribution in [1.82, 2.24) is 0 Å². The van der Waals surface area contributed by atoms with Crippen molar-refractivity contribution >= 4 is 35.6 Å². The number of benzene rings is 1. The third-order valence-corrected chi connectivity index (χ3v) is 3.63. The minimum Gasteiger partial charge on any atom is -0.497 e. The molecular formula is C14H22IN3O. The number of nitrogens with one attached hydrogen (secondary N) is 1. The van der Waals surface area contributed by atoms with Crippen LogP contribution in [0.2, 0.25) is 0 Å². The fourth-order valence-electron chi connectivity index (χ4n) is 1.94. The summed E-state index contributed by atoms with van der Waals surface area (Å²) in [7, 11) is 1.65. The lowest BCUT2D eigenvalue weighted by Crippen LogP contribution is -2.24. The highest BCUT2D eigenvalue weighted by atomic mass is 127. The highest BCUT2D eigenvalue weighted by molar-refractivity contribution is 14.0. The van der Waals surface area contributed by atoms with Gasteiger partial charge in [0.25, 0.3) is 0 Å². The molecule has 0 radical (unpaired) electrons. The number of rotatable bonds is 5. The molecule has 0 atom stereocenters. The maximum absolute atomic E-state index is 5.88. The van der Waals surface area contributed by atoms with E-state index in [2.05, 4.69) is 17.2 Å². The summed E-state index contributed by atoms with van der Waals surface area (Å²) in [4.78, 5) is 4.42. The van der Waals surface area contributed by atoms with E-state index in [0.717, 1.165) is 18.0 Å². The molecule has 0 aromatic heterocycles. The molecule has 1 aromatic rings. The second kappa shape index (κ2) is 6.98. The number of methoxy groups -OCH3 is 1. The zero-order valence-electron chi connectivity index (χ0n) is 11.5. The number of halogens is 1. The molecule has 1 saturated carbocycles. The van der Waals surface area contributed by atoms with Crippen LogP contribution < -0.4 is 15.8 Å². The first-order valence-corrected chi connectivity index (χ1v) is 6.38. The molecular weight excluding hydrogens is 353 g/mol. The van der Waals surface area contributed by atoms with E-state index in [1.165, 1.54) is 19.3 Å². The first-order chi connectivity index (χ1) is 8.67. The van der Waals surface area contributed by atoms with Gasteiger partial charge in [0, 0.05) is 18.3 Å². The smallest absolute Gasteiger partial charge is 0.193 e. The Bertz CT molecular complexity index is 444. The van der Waals surface area contributed by atoms with Gasteiger partial charge in [0.2, 0.25) is 0 Å². The summed E-state index contributed by atoms with van der Waals surface area (Å²) in [5.41, 5.74) is 7.22. The Balaban J connectivity index is 0.00000180.